The second-order valence-electron chi connectivity index (χ2n) is 4.49. The monoisotopic (exact) mass is 327 g/mol. The number of pyridine rings is 1. The van der Waals surface area contributed by atoms with Gasteiger partial charge in [-0.3, -0.25) is 4.79 Å². The van der Waals surface area contributed by atoms with Crippen LogP contribution in [0.1, 0.15) is 12.0 Å². The molecule has 104 valence electrons. The fourth-order valence-electron chi connectivity index (χ4n) is 1.90. The second-order valence-corrected chi connectivity index (χ2v) is 5.34. The highest BCUT2D eigenvalue weighted by molar-refractivity contribution is 9.10. The molecule has 0 bridgehead atoms. The van der Waals surface area contributed by atoms with Gasteiger partial charge in [0.2, 0.25) is 5.91 Å². The van der Waals surface area contributed by atoms with E-state index in [-0.39, 0.29) is 5.91 Å². The number of nitrogens with zero attached hydrogens (tertiary/aromatic N) is 2. The number of ether oxygens (including phenoxy) is 1. The summed E-state index contributed by atoms with van der Waals surface area (Å²) in [6.07, 6.45) is 2.25. The highest BCUT2D eigenvalue weighted by Crippen LogP contribution is 2.17. The van der Waals surface area contributed by atoms with Crippen molar-refractivity contribution < 1.29 is 9.53 Å². The molecule has 0 spiro atoms. The molecular formula is C13H18BrN3O2. The van der Waals surface area contributed by atoms with Crippen LogP contribution in [0.3, 0.4) is 0 Å². The van der Waals surface area contributed by atoms with Crippen LogP contribution < -0.4 is 5.32 Å². The first-order valence-corrected chi connectivity index (χ1v) is 7.17. The van der Waals surface area contributed by atoms with Crippen LogP contribution in [-0.2, 0) is 9.53 Å². The molecule has 1 aliphatic rings. The van der Waals surface area contributed by atoms with E-state index in [0.717, 1.165) is 15.9 Å². The first kappa shape index (κ1) is 14.3. The van der Waals surface area contributed by atoms with Crippen LogP contribution in [0.25, 0.3) is 0 Å². The van der Waals surface area contributed by atoms with Gasteiger partial charge >= 0.3 is 0 Å². The van der Waals surface area contributed by atoms with E-state index in [0.29, 0.717) is 39.3 Å². The van der Waals surface area contributed by atoms with Gasteiger partial charge < -0.3 is 15.0 Å². The number of hydrogen-bond donors (Lipinski definition) is 1. The maximum Gasteiger partial charge on any atom is 0.224 e. The fourth-order valence-corrected chi connectivity index (χ4v) is 2.12. The molecule has 0 aromatic carbocycles. The van der Waals surface area contributed by atoms with Crippen molar-refractivity contribution in [3.8, 4) is 0 Å². The number of carbonyl (C=O) groups is 1. The van der Waals surface area contributed by atoms with Crippen molar-refractivity contribution in [2.45, 2.75) is 13.3 Å². The lowest BCUT2D eigenvalue weighted by Crippen LogP contribution is -2.41. The largest absolute Gasteiger partial charge is 0.378 e. The summed E-state index contributed by atoms with van der Waals surface area (Å²) in [7, 11) is 0. The minimum Gasteiger partial charge on any atom is -0.378 e. The van der Waals surface area contributed by atoms with Crippen LogP contribution in [0.15, 0.2) is 16.7 Å². The van der Waals surface area contributed by atoms with Gasteiger partial charge in [-0.05, 0) is 34.5 Å². The van der Waals surface area contributed by atoms with Gasteiger partial charge in [0, 0.05) is 36.7 Å². The predicted octanol–water partition coefficient (Wildman–Crippen LogP) is 1.81. The van der Waals surface area contributed by atoms with Crippen molar-refractivity contribution in [3.05, 3.63) is 22.3 Å². The molecular weight excluding hydrogens is 310 g/mol. The summed E-state index contributed by atoms with van der Waals surface area (Å²) in [4.78, 5) is 18.0. The van der Waals surface area contributed by atoms with E-state index < -0.39 is 0 Å². The summed E-state index contributed by atoms with van der Waals surface area (Å²) in [5.74, 6) is 0.972. The van der Waals surface area contributed by atoms with Gasteiger partial charge in [0.15, 0.2) is 0 Å². The summed E-state index contributed by atoms with van der Waals surface area (Å²) in [6.45, 7) is 5.31. The number of morpholine rings is 1. The Morgan fingerprint density at radius 1 is 1.53 bits per heavy atom. The Hall–Kier alpha value is -1.14. The normalized spacial score (nSPS) is 15.4. The summed E-state index contributed by atoms with van der Waals surface area (Å²) in [6, 6.07) is 1.96. The van der Waals surface area contributed by atoms with Crippen molar-refractivity contribution in [3.63, 3.8) is 0 Å². The molecule has 1 N–H and O–H groups in total. The zero-order valence-corrected chi connectivity index (χ0v) is 12.6. The Labute approximate surface area is 121 Å². The molecule has 1 saturated heterocycles. The highest BCUT2D eigenvalue weighted by atomic mass is 79.9. The van der Waals surface area contributed by atoms with Crippen LogP contribution in [-0.4, -0.2) is 48.6 Å². The van der Waals surface area contributed by atoms with E-state index in [1.165, 1.54) is 0 Å². The highest BCUT2D eigenvalue weighted by Gasteiger charge is 2.15. The lowest BCUT2D eigenvalue weighted by molar-refractivity contribution is -0.134. The first-order chi connectivity index (χ1) is 9.16. The summed E-state index contributed by atoms with van der Waals surface area (Å²) in [5.41, 5.74) is 1.12. The Morgan fingerprint density at radius 3 is 2.95 bits per heavy atom. The molecule has 0 unspecified atom stereocenters. The fraction of sp³-hybridized carbons (Fsp3) is 0.538. The van der Waals surface area contributed by atoms with E-state index in [1.54, 1.807) is 6.20 Å². The zero-order chi connectivity index (χ0) is 13.7. The van der Waals surface area contributed by atoms with Crippen LogP contribution in [0, 0.1) is 6.92 Å². The SMILES string of the molecule is Cc1cc(NCCC(=O)N2CCOCC2)ncc1Br. The van der Waals surface area contributed by atoms with Crippen molar-refractivity contribution in [2.75, 3.05) is 38.2 Å². The molecule has 0 aliphatic carbocycles. The van der Waals surface area contributed by atoms with Crippen molar-refractivity contribution >= 4 is 27.7 Å². The summed E-state index contributed by atoms with van der Waals surface area (Å²) in [5, 5.41) is 3.17. The molecule has 1 aliphatic heterocycles. The van der Waals surface area contributed by atoms with E-state index >= 15 is 0 Å². The van der Waals surface area contributed by atoms with Gasteiger partial charge in [-0.25, -0.2) is 4.98 Å². The summed E-state index contributed by atoms with van der Waals surface area (Å²) >= 11 is 3.41. The third-order valence-electron chi connectivity index (χ3n) is 3.06. The standard InChI is InChI=1S/C13H18BrN3O2/c1-10-8-12(16-9-11(10)14)15-3-2-13(18)17-4-6-19-7-5-17/h8-9H,2-7H2,1H3,(H,15,16). The molecule has 0 atom stereocenters. The number of nitrogens with one attached hydrogen (secondary N) is 1. The Kier molecular flexibility index (Phi) is 5.15. The van der Waals surface area contributed by atoms with E-state index in [2.05, 4.69) is 26.2 Å². The number of amides is 1. The molecule has 0 radical (unpaired) electrons. The minimum atomic E-state index is 0.171. The smallest absolute Gasteiger partial charge is 0.224 e. The number of carbonyl (C=O) groups excluding carboxylic acids is 1. The van der Waals surface area contributed by atoms with Gasteiger partial charge in [-0.1, -0.05) is 0 Å². The topological polar surface area (TPSA) is 54.5 Å². The zero-order valence-electron chi connectivity index (χ0n) is 11.0. The maximum atomic E-state index is 11.9. The number of hydrogen-bond acceptors (Lipinski definition) is 4. The molecule has 2 heterocycles. The average molecular weight is 328 g/mol. The lowest BCUT2D eigenvalue weighted by atomic mass is 10.3. The Morgan fingerprint density at radius 2 is 2.26 bits per heavy atom. The Bertz CT molecular complexity index is 448. The number of anilines is 1. The van der Waals surface area contributed by atoms with Crippen LogP contribution in [0.5, 0.6) is 0 Å². The third kappa shape index (κ3) is 4.18. The van der Waals surface area contributed by atoms with Crippen molar-refractivity contribution in [2.24, 2.45) is 0 Å². The minimum absolute atomic E-state index is 0.171. The summed E-state index contributed by atoms with van der Waals surface area (Å²) < 4.78 is 6.21. The number of halogens is 1. The quantitative estimate of drug-likeness (QED) is 0.916. The second kappa shape index (κ2) is 6.86. The van der Waals surface area contributed by atoms with E-state index in [9.17, 15) is 4.79 Å². The van der Waals surface area contributed by atoms with Crippen LogP contribution >= 0.6 is 15.9 Å². The van der Waals surface area contributed by atoms with Gasteiger partial charge in [0.05, 0.1) is 13.2 Å². The van der Waals surface area contributed by atoms with E-state index in [4.69, 9.17) is 4.74 Å². The van der Waals surface area contributed by atoms with Crippen molar-refractivity contribution in [1.29, 1.82) is 0 Å². The predicted molar refractivity (Wildman–Crippen MR) is 77.2 cm³/mol. The molecule has 19 heavy (non-hydrogen) atoms. The molecule has 1 amide bonds. The van der Waals surface area contributed by atoms with Gasteiger partial charge in [0.1, 0.15) is 5.82 Å². The molecule has 1 fully saturated rings. The third-order valence-corrected chi connectivity index (χ3v) is 3.89. The molecule has 5 nitrogen and oxygen atoms in total. The molecule has 1 aromatic rings. The van der Waals surface area contributed by atoms with Crippen LogP contribution in [0.2, 0.25) is 0 Å². The average Bonchev–Trinajstić information content (AvgIpc) is 2.43. The molecule has 2 rings (SSSR count). The first-order valence-electron chi connectivity index (χ1n) is 6.38. The Balaban J connectivity index is 1.76. The van der Waals surface area contributed by atoms with E-state index in [1.807, 2.05) is 17.9 Å². The van der Waals surface area contributed by atoms with Gasteiger partial charge in [-0.2, -0.15) is 0 Å². The number of aryl methyl sites for hydroxylation is 1. The maximum absolute atomic E-state index is 11.9. The number of rotatable bonds is 4. The molecule has 6 heteroatoms. The number of aromatic nitrogens is 1. The van der Waals surface area contributed by atoms with Gasteiger partial charge in [0.25, 0.3) is 0 Å². The lowest BCUT2D eigenvalue weighted by Gasteiger charge is -2.26. The molecule has 0 saturated carbocycles. The van der Waals surface area contributed by atoms with Crippen molar-refractivity contribution in [1.82, 2.24) is 9.88 Å². The van der Waals surface area contributed by atoms with Crippen LogP contribution in [0.4, 0.5) is 5.82 Å². The van der Waals surface area contributed by atoms with Gasteiger partial charge in [-0.15, -0.1) is 0 Å². The molecule has 1 aromatic heterocycles.